The van der Waals surface area contributed by atoms with Crippen LogP contribution >= 0.6 is 0 Å². The summed E-state index contributed by atoms with van der Waals surface area (Å²) in [6.07, 6.45) is -0.612. The predicted octanol–water partition coefficient (Wildman–Crippen LogP) is 3.22. The van der Waals surface area contributed by atoms with Crippen LogP contribution in [0, 0.1) is 6.92 Å². The fourth-order valence-corrected chi connectivity index (χ4v) is 2.19. The average Bonchev–Trinajstić information content (AvgIpc) is 2.52. The van der Waals surface area contributed by atoms with Gasteiger partial charge >= 0.3 is 0 Å². The number of aliphatic hydroxyl groups is 1. The molecule has 0 heterocycles. The minimum absolute atomic E-state index is 0.256. The summed E-state index contributed by atoms with van der Waals surface area (Å²) in [5, 5.41) is 13.5. The van der Waals surface area contributed by atoms with E-state index in [1.54, 1.807) is 0 Å². The van der Waals surface area contributed by atoms with Crippen molar-refractivity contribution in [1.82, 2.24) is 5.32 Å². The maximum atomic E-state index is 10.2. The van der Waals surface area contributed by atoms with E-state index >= 15 is 0 Å². The molecule has 0 aliphatic carbocycles. The van der Waals surface area contributed by atoms with E-state index in [9.17, 15) is 5.11 Å². The Hall–Kier alpha value is -1.84. The Morgan fingerprint density at radius 3 is 2.62 bits per heavy atom. The molecule has 2 aromatic carbocycles. The van der Waals surface area contributed by atoms with Crippen molar-refractivity contribution in [2.75, 3.05) is 13.2 Å². The topological polar surface area (TPSA) is 41.5 Å². The van der Waals surface area contributed by atoms with Gasteiger partial charge in [-0.3, -0.25) is 0 Å². The Kier molecular flexibility index (Phi) is 5.78. The number of rotatable bonds is 7. The Balaban J connectivity index is 2.02. The van der Waals surface area contributed by atoms with Gasteiger partial charge in [0.2, 0.25) is 0 Å². The Morgan fingerprint density at radius 2 is 1.90 bits per heavy atom. The summed E-state index contributed by atoms with van der Waals surface area (Å²) in [5.74, 6) is 0.830. The van der Waals surface area contributed by atoms with Crippen molar-refractivity contribution < 1.29 is 9.84 Å². The third-order valence-corrected chi connectivity index (χ3v) is 3.36. The SMILES string of the molecule is CCNCc1cc(C)ccc1OCC(O)c1ccccc1. The van der Waals surface area contributed by atoms with Crippen LogP contribution in [0.25, 0.3) is 0 Å². The number of ether oxygens (including phenoxy) is 1. The van der Waals surface area contributed by atoms with Gasteiger partial charge in [0.25, 0.3) is 0 Å². The lowest BCUT2D eigenvalue weighted by molar-refractivity contribution is 0.107. The molecule has 2 rings (SSSR count). The van der Waals surface area contributed by atoms with E-state index in [0.29, 0.717) is 0 Å². The summed E-state index contributed by atoms with van der Waals surface area (Å²) in [4.78, 5) is 0. The van der Waals surface area contributed by atoms with Crippen LogP contribution in [0.4, 0.5) is 0 Å². The quantitative estimate of drug-likeness (QED) is 0.820. The van der Waals surface area contributed by atoms with Crippen LogP contribution < -0.4 is 10.1 Å². The minimum atomic E-state index is -0.612. The standard InChI is InChI=1S/C18H23NO2/c1-3-19-12-16-11-14(2)9-10-18(16)21-13-17(20)15-7-5-4-6-8-15/h4-11,17,19-20H,3,12-13H2,1-2H3. The molecule has 1 unspecified atom stereocenters. The smallest absolute Gasteiger partial charge is 0.123 e. The highest BCUT2D eigenvalue weighted by Crippen LogP contribution is 2.22. The molecule has 0 aromatic heterocycles. The number of nitrogens with one attached hydrogen (secondary N) is 1. The number of benzene rings is 2. The molecule has 2 aromatic rings. The van der Waals surface area contributed by atoms with E-state index < -0.39 is 6.10 Å². The largest absolute Gasteiger partial charge is 0.490 e. The lowest BCUT2D eigenvalue weighted by atomic mass is 10.1. The second kappa shape index (κ2) is 7.81. The summed E-state index contributed by atoms with van der Waals surface area (Å²) in [5.41, 5.74) is 3.20. The first-order valence-electron chi connectivity index (χ1n) is 7.36. The first-order valence-corrected chi connectivity index (χ1v) is 7.36. The fraction of sp³-hybridized carbons (Fsp3) is 0.333. The molecule has 1 atom stereocenters. The molecule has 0 amide bonds. The van der Waals surface area contributed by atoms with E-state index in [2.05, 4.69) is 25.2 Å². The monoisotopic (exact) mass is 285 g/mol. The van der Waals surface area contributed by atoms with Gasteiger partial charge in [0, 0.05) is 12.1 Å². The molecule has 0 saturated heterocycles. The van der Waals surface area contributed by atoms with Gasteiger partial charge in [-0.05, 0) is 25.1 Å². The van der Waals surface area contributed by atoms with Gasteiger partial charge in [0.1, 0.15) is 18.5 Å². The van der Waals surface area contributed by atoms with Crippen LogP contribution in [-0.2, 0) is 6.54 Å². The molecular weight excluding hydrogens is 262 g/mol. The van der Waals surface area contributed by atoms with E-state index in [-0.39, 0.29) is 6.61 Å². The molecule has 0 fully saturated rings. The van der Waals surface area contributed by atoms with Crippen LogP contribution in [0.15, 0.2) is 48.5 Å². The molecule has 0 spiro atoms. The summed E-state index contributed by atoms with van der Waals surface area (Å²) >= 11 is 0. The van der Waals surface area contributed by atoms with Gasteiger partial charge in [-0.25, -0.2) is 0 Å². The summed E-state index contributed by atoms with van der Waals surface area (Å²) in [7, 11) is 0. The van der Waals surface area contributed by atoms with E-state index in [0.717, 1.165) is 30.0 Å². The number of hydrogen-bond donors (Lipinski definition) is 2. The first-order chi connectivity index (χ1) is 10.2. The first kappa shape index (κ1) is 15.5. The number of aliphatic hydroxyl groups excluding tert-OH is 1. The Labute approximate surface area is 126 Å². The van der Waals surface area contributed by atoms with E-state index in [4.69, 9.17) is 4.74 Å². The zero-order valence-corrected chi connectivity index (χ0v) is 12.7. The van der Waals surface area contributed by atoms with Crippen molar-refractivity contribution in [3.8, 4) is 5.75 Å². The maximum absolute atomic E-state index is 10.2. The van der Waals surface area contributed by atoms with Gasteiger partial charge in [-0.2, -0.15) is 0 Å². The van der Waals surface area contributed by atoms with Gasteiger partial charge < -0.3 is 15.2 Å². The van der Waals surface area contributed by atoms with Crippen LogP contribution in [-0.4, -0.2) is 18.3 Å². The third-order valence-electron chi connectivity index (χ3n) is 3.36. The summed E-state index contributed by atoms with van der Waals surface area (Å²) < 4.78 is 5.82. The van der Waals surface area contributed by atoms with Crippen molar-refractivity contribution in [3.05, 3.63) is 65.2 Å². The number of hydrogen-bond acceptors (Lipinski definition) is 3. The molecule has 21 heavy (non-hydrogen) atoms. The number of aryl methyl sites for hydroxylation is 1. The van der Waals surface area contributed by atoms with Crippen molar-refractivity contribution in [2.24, 2.45) is 0 Å². The Bertz CT molecular complexity index is 554. The van der Waals surface area contributed by atoms with Crippen LogP contribution in [0.3, 0.4) is 0 Å². The molecule has 2 N–H and O–H groups in total. The molecule has 0 radical (unpaired) electrons. The highest BCUT2D eigenvalue weighted by Gasteiger charge is 2.10. The summed E-state index contributed by atoms with van der Waals surface area (Å²) in [6.45, 7) is 6.09. The molecular formula is C18H23NO2. The van der Waals surface area contributed by atoms with Crippen molar-refractivity contribution in [1.29, 1.82) is 0 Å². The Morgan fingerprint density at radius 1 is 1.14 bits per heavy atom. The van der Waals surface area contributed by atoms with Crippen molar-refractivity contribution in [2.45, 2.75) is 26.5 Å². The molecule has 112 valence electrons. The van der Waals surface area contributed by atoms with Gasteiger partial charge in [0.15, 0.2) is 0 Å². The lowest BCUT2D eigenvalue weighted by Gasteiger charge is -2.16. The zero-order valence-electron chi connectivity index (χ0n) is 12.7. The molecule has 0 bridgehead atoms. The highest BCUT2D eigenvalue weighted by atomic mass is 16.5. The second-order valence-electron chi connectivity index (χ2n) is 5.13. The second-order valence-corrected chi connectivity index (χ2v) is 5.13. The highest BCUT2D eigenvalue weighted by molar-refractivity contribution is 5.37. The lowest BCUT2D eigenvalue weighted by Crippen LogP contribution is -2.15. The van der Waals surface area contributed by atoms with Gasteiger partial charge in [-0.1, -0.05) is 55.0 Å². The van der Waals surface area contributed by atoms with Gasteiger partial charge in [-0.15, -0.1) is 0 Å². The average molecular weight is 285 g/mol. The van der Waals surface area contributed by atoms with Crippen LogP contribution in [0.2, 0.25) is 0 Å². The van der Waals surface area contributed by atoms with E-state index in [1.807, 2.05) is 42.5 Å². The normalized spacial score (nSPS) is 12.1. The fourth-order valence-electron chi connectivity index (χ4n) is 2.19. The summed E-state index contributed by atoms with van der Waals surface area (Å²) in [6, 6.07) is 15.7. The molecule has 0 aliphatic heterocycles. The van der Waals surface area contributed by atoms with Gasteiger partial charge in [0.05, 0.1) is 0 Å². The zero-order chi connectivity index (χ0) is 15.1. The molecule has 0 aliphatic rings. The molecule has 3 nitrogen and oxygen atoms in total. The predicted molar refractivity (Wildman–Crippen MR) is 85.5 cm³/mol. The van der Waals surface area contributed by atoms with Crippen molar-refractivity contribution in [3.63, 3.8) is 0 Å². The van der Waals surface area contributed by atoms with Crippen LogP contribution in [0.1, 0.15) is 29.7 Å². The van der Waals surface area contributed by atoms with Crippen molar-refractivity contribution >= 4 is 0 Å². The third kappa shape index (κ3) is 4.59. The molecule has 0 saturated carbocycles. The molecule has 3 heteroatoms. The van der Waals surface area contributed by atoms with E-state index in [1.165, 1.54) is 5.56 Å². The maximum Gasteiger partial charge on any atom is 0.123 e. The van der Waals surface area contributed by atoms with Crippen LogP contribution in [0.5, 0.6) is 5.75 Å². The minimum Gasteiger partial charge on any atom is -0.490 e.